The number of benzene rings is 2. The molecule has 0 aliphatic carbocycles. The SMILES string of the molecule is Cc1ccc2c(c1)CN(Cc1ccc(O[Si](C)(C)C(C)(C)C)c(O[Si](C)(C)C(C)(C)C)c1)CO2. The van der Waals surface area contributed by atoms with E-state index in [4.69, 9.17) is 13.6 Å². The molecule has 0 N–H and O–H groups in total. The number of fused-ring (bicyclic) bond motifs is 1. The zero-order valence-corrected chi connectivity index (χ0v) is 25.3. The normalized spacial score (nSPS) is 15.5. The van der Waals surface area contributed by atoms with Crippen LogP contribution in [0.3, 0.4) is 0 Å². The minimum Gasteiger partial charge on any atom is -0.541 e. The second-order valence-electron chi connectivity index (χ2n) is 12.9. The van der Waals surface area contributed by atoms with Crippen molar-refractivity contribution in [3.05, 3.63) is 53.1 Å². The van der Waals surface area contributed by atoms with Gasteiger partial charge >= 0.3 is 0 Å². The number of hydrogen-bond acceptors (Lipinski definition) is 4. The quantitative estimate of drug-likeness (QED) is 0.376. The number of nitrogens with zero attached hydrogens (tertiary/aromatic N) is 1. The molecule has 1 aliphatic rings. The van der Waals surface area contributed by atoms with Gasteiger partial charge in [-0.2, -0.15) is 0 Å². The van der Waals surface area contributed by atoms with Crippen molar-refractivity contribution in [1.82, 2.24) is 4.90 Å². The summed E-state index contributed by atoms with van der Waals surface area (Å²) in [4.78, 5) is 2.33. The van der Waals surface area contributed by atoms with E-state index in [1.54, 1.807) is 0 Å². The Bertz CT molecular complexity index is 1020. The lowest BCUT2D eigenvalue weighted by atomic mass is 10.1. The maximum absolute atomic E-state index is 6.84. The average molecular weight is 500 g/mol. The van der Waals surface area contributed by atoms with Gasteiger partial charge in [0.25, 0.3) is 16.6 Å². The summed E-state index contributed by atoms with van der Waals surface area (Å²) in [6.07, 6.45) is 0. The Kier molecular flexibility index (Phi) is 7.39. The molecular weight excluding hydrogens is 454 g/mol. The Balaban J connectivity index is 1.89. The average Bonchev–Trinajstić information content (AvgIpc) is 2.67. The largest absolute Gasteiger partial charge is 0.541 e. The molecule has 6 heteroatoms. The van der Waals surface area contributed by atoms with Crippen molar-refractivity contribution in [2.24, 2.45) is 0 Å². The molecule has 0 saturated carbocycles. The maximum atomic E-state index is 6.84. The predicted octanol–water partition coefficient (Wildman–Crippen LogP) is 8.12. The summed E-state index contributed by atoms with van der Waals surface area (Å²) in [5.74, 6) is 2.78. The maximum Gasteiger partial charge on any atom is 0.250 e. The zero-order chi connectivity index (χ0) is 25.5. The summed E-state index contributed by atoms with van der Waals surface area (Å²) in [6, 6.07) is 12.9. The van der Waals surface area contributed by atoms with E-state index in [1.165, 1.54) is 16.7 Å². The molecule has 2 aromatic carbocycles. The van der Waals surface area contributed by atoms with E-state index in [1.807, 2.05) is 0 Å². The third-order valence-corrected chi connectivity index (χ3v) is 16.5. The topological polar surface area (TPSA) is 30.9 Å². The van der Waals surface area contributed by atoms with Crippen LogP contribution in [-0.4, -0.2) is 28.3 Å². The van der Waals surface area contributed by atoms with Crippen molar-refractivity contribution < 1.29 is 13.6 Å². The van der Waals surface area contributed by atoms with Gasteiger partial charge in [0.2, 0.25) is 0 Å². The van der Waals surface area contributed by atoms with Crippen molar-refractivity contribution in [2.45, 2.75) is 97.8 Å². The molecule has 0 amide bonds. The molecule has 3 rings (SSSR count). The molecular formula is C28H45NO3Si2. The van der Waals surface area contributed by atoms with Gasteiger partial charge < -0.3 is 13.6 Å². The second kappa shape index (κ2) is 9.36. The molecule has 0 bridgehead atoms. The third-order valence-electron chi connectivity index (χ3n) is 7.77. The van der Waals surface area contributed by atoms with Crippen molar-refractivity contribution in [3.63, 3.8) is 0 Å². The summed E-state index contributed by atoms with van der Waals surface area (Å²) in [5.41, 5.74) is 3.74. The highest BCUT2D eigenvalue weighted by Crippen LogP contribution is 2.44. The van der Waals surface area contributed by atoms with Crippen molar-refractivity contribution in [2.75, 3.05) is 6.73 Å². The second-order valence-corrected chi connectivity index (χ2v) is 22.3. The molecule has 34 heavy (non-hydrogen) atoms. The number of aryl methyl sites for hydroxylation is 1. The van der Waals surface area contributed by atoms with E-state index >= 15 is 0 Å². The Morgan fingerprint density at radius 2 is 1.41 bits per heavy atom. The van der Waals surface area contributed by atoms with E-state index in [2.05, 4.69) is 116 Å². The highest BCUT2D eigenvalue weighted by Gasteiger charge is 2.42. The molecule has 2 aromatic rings. The monoisotopic (exact) mass is 499 g/mol. The lowest BCUT2D eigenvalue weighted by molar-refractivity contribution is 0.0886. The molecule has 4 nitrogen and oxygen atoms in total. The summed E-state index contributed by atoms with van der Waals surface area (Å²) >= 11 is 0. The van der Waals surface area contributed by atoms with Crippen molar-refractivity contribution >= 4 is 16.6 Å². The Morgan fingerprint density at radius 1 is 0.824 bits per heavy atom. The van der Waals surface area contributed by atoms with E-state index in [0.717, 1.165) is 30.3 Å². The van der Waals surface area contributed by atoms with Gasteiger partial charge in [-0.1, -0.05) is 65.3 Å². The van der Waals surface area contributed by atoms with Crippen molar-refractivity contribution in [3.8, 4) is 17.2 Å². The Labute approximate surface area is 209 Å². The molecule has 188 valence electrons. The molecule has 0 radical (unpaired) electrons. The number of hydrogen-bond donors (Lipinski definition) is 0. The zero-order valence-electron chi connectivity index (χ0n) is 23.3. The third kappa shape index (κ3) is 6.07. The van der Waals surface area contributed by atoms with Crippen LogP contribution in [0.1, 0.15) is 58.2 Å². The van der Waals surface area contributed by atoms with Gasteiger partial charge in [-0.25, -0.2) is 0 Å². The minimum absolute atomic E-state index is 0.111. The lowest BCUT2D eigenvalue weighted by Gasteiger charge is -2.40. The molecule has 0 spiro atoms. The van der Waals surface area contributed by atoms with Crippen LogP contribution in [0.4, 0.5) is 0 Å². The fourth-order valence-corrected chi connectivity index (χ4v) is 5.49. The van der Waals surface area contributed by atoms with Gasteiger partial charge in [0.05, 0.1) is 0 Å². The fraction of sp³-hybridized carbons (Fsp3) is 0.571. The Hall–Kier alpha value is -1.77. The number of ether oxygens (including phenoxy) is 1. The van der Waals surface area contributed by atoms with E-state index in [-0.39, 0.29) is 10.1 Å². The van der Waals surface area contributed by atoms with Crippen LogP contribution in [0.25, 0.3) is 0 Å². The van der Waals surface area contributed by atoms with Gasteiger partial charge in [-0.05, 0) is 67.0 Å². The summed E-state index contributed by atoms with van der Waals surface area (Å²) < 4.78 is 19.6. The standard InChI is InChI=1S/C28H45NO3Si2/c1-21-12-14-24-23(16-21)19-29(20-30-24)18-22-13-15-25(31-33(8,9)27(2,3)4)26(17-22)32-34(10,11)28(5,6)7/h12-17H,18-20H2,1-11H3. The van der Waals surface area contributed by atoms with Crippen LogP contribution in [0, 0.1) is 6.92 Å². The molecule has 0 atom stereocenters. The highest BCUT2D eigenvalue weighted by atomic mass is 28.4. The van der Waals surface area contributed by atoms with Gasteiger partial charge in [-0.15, -0.1) is 0 Å². The van der Waals surface area contributed by atoms with Crippen LogP contribution in [-0.2, 0) is 13.1 Å². The molecule has 0 saturated heterocycles. The van der Waals surface area contributed by atoms with Crippen LogP contribution >= 0.6 is 0 Å². The van der Waals surface area contributed by atoms with Crippen LogP contribution in [0.5, 0.6) is 17.2 Å². The first-order valence-electron chi connectivity index (χ1n) is 12.4. The lowest BCUT2D eigenvalue weighted by Crippen LogP contribution is -2.45. The summed E-state index contributed by atoms with van der Waals surface area (Å²) in [7, 11) is -4.03. The Morgan fingerprint density at radius 3 is 2.00 bits per heavy atom. The van der Waals surface area contributed by atoms with Gasteiger partial charge in [-0.3, -0.25) is 4.90 Å². The summed E-state index contributed by atoms with van der Waals surface area (Å²) in [6.45, 7) is 27.3. The van der Waals surface area contributed by atoms with Gasteiger partial charge in [0.1, 0.15) is 24.0 Å². The highest BCUT2D eigenvalue weighted by molar-refractivity contribution is 6.75. The van der Waals surface area contributed by atoms with E-state index in [0.29, 0.717) is 6.73 Å². The minimum atomic E-state index is -2.03. The van der Waals surface area contributed by atoms with Gasteiger partial charge in [0.15, 0.2) is 0 Å². The smallest absolute Gasteiger partial charge is 0.250 e. The van der Waals surface area contributed by atoms with Crippen LogP contribution in [0.15, 0.2) is 36.4 Å². The van der Waals surface area contributed by atoms with Crippen molar-refractivity contribution in [1.29, 1.82) is 0 Å². The molecule has 1 heterocycles. The van der Waals surface area contributed by atoms with Crippen LogP contribution in [0.2, 0.25) is 36.3 Å². The fourth-order valence-electron chi connectivity index (χ4n) is 3.45. The molecule has 0 unspecified atom stereocenters. The molecule has 0 aromatic heterocycles. The molecule has 0 fully saturated rings. The summed E-state index contributed by atoms with van der Waals surface area (Å²) in [5, 5.41) is 0.232. The molecule has 1 aliphatic heterocycles. The number of rotatable bonds is 6. The first kappa shape index (κ1) is 26.8. The first-order valence-corrected chi connectivity index (χ1v) is 18.3. The van der Waals surface area contributed by atoms with E-state index < -0.39 is 16.6 Å². The van der Waals surface area contributed by atoms with Gasteiger partial charge in [0, 0.05) is 18.7 Å². The first-order chi connectivity index (χ1) is 15.5. The van der Waals surface area contributed by atoms with E-state index in [9.17, 15) is 0 Å². The predicted molar refractivity (Wildman–Crippen MR) is 148 cm³/mol. The van der Waals surface area contributed by atoms with Crippen LogP contribution < -0.4 is 13.6 Å².